The van der Waals surface area contributed by atoms with Crippen LogP contribution in [0.4, 0.5) is 0 Å². The number of carboxylic acids is 1. The summed E-state index contributed by atoms with van der Waals surface area (Å²) in [5, 5.41) is 8.80. The Morgan fingerprint density at radius 2 is 1.81 bits per heavy atom. The van der Waals surface area contributed by atoms with E-state index < -0.39 is 27.8 Å². The molecule has 0 spiro atoms. The molecule has 0 radical (unpaired) electrons. The van der Waals surface area contributed by atoms with Crippen LogP contribution in [-0.2, 0) is 4.87 Å². The molecule has 90 valence electrons. The number of halogens is 1. The fourth-order valence-electron chi connectivity index (χ4n) is 1.21. The second kappa shape index (κ2) is 4.50. The summed E-state index contributed by atoms with van der Waals surface area (Å²) < 4.78 is 0. The summed E-state index contributed by atoms with van der Waals surface area (Å²) in [6, 6.07) is 0. The van der Waals surface area contributed by atoms with Gasteiger partial charge in [-0.1, -0.05) is 0 Å². The number of aromatic amines is 2. The summed E-state index contributed by atoms with van der Waals surface area (Å²) in [4.78, 5) is 35.8. The van der Waals surface area contributed by atoms with E-state index in [1.807, 2.05) is 9.97 Å². The van der Waals surface area contributed by atoms with Crippen molar-refractivity contribution in [1.82, 2.24) is 9.97 Å². The van der Waals surface area contributed by atoms with Crippen LogP contribution < -0.4 is 11.2 Å². The molecule has 0 saturated carbocycles. The van der Waals surface area contributed by atoms with Gasteiger partial charge in [-0.3, -0.25) is 9.78 Å². The Labute approximate surface area is 94.4 Å². The van der Waals surface area contributed by atoms with Crippen molar-refractivity contribution in [3.8, 4) is 0 Å². The van der Waals surface area contributed by atoms with E-state index in [4.69, 9.17) is 16.7 Å². The lowest BCUT2D eigenvalue weighted by Gasteiger charge is -2.16. The molecule has 0 saturated heterocycles. The summed E-state index contributed by atoms with van der Waals surface area (Å²) in [6.07, 6.45) is 0. The molecule has 0 aliphatic heterocycles. The number of carbonyl (C=O) groups is 1. The van der Waals surface area contributed by atoms with Gasteiger partial charge in [-0.05, 0) is 13.8 Å². The van der Waals surface area contributed by atoms with E-state index in [1.54, 1.807) is 0 Å². The molecule has 16 heavy (non-hydrogen) atoms. The molecule has 7 nitrogen and oxygen atoms in total. The van der Waals surface area contributed by atoms with Gasteiger partial charge >= 0.3 is 11.7 Å². The van der Waals surface area contributed by atoms with Crippen LogP contribution in [0, 0.1) is 0 Å². The largest absolute Gasteiger partial charge is 0.477 e. The Morgan fingerprint density at radius 3 is 2.19 bits per heavy atom. The molecule has 0 unspecified atom stereocenters. The summed E-state index contributed by atoms with van der Waals surface area (Å²) >= 11 is 5.86. The topological polar surface area (TPSA) is 135 Å². The first-order valence-corrected chi connectivity index (χ1v) is 4.40. The molecule has 1 aromatic rings. The number of carboxylic acid groups (broad SMARTS) is 1. The van der Waals surface area contributed by atoms with Crippen LogP contribution in [0.15, 0.2) is 9.59 Å². The molecule has 0 amide bonds. The van der Waals surface area contributed by atoms with Gasteiger partial charge in [0, 0.05) is 0 Å². The molecule has 0 aliphatic carbocycles. The van der Waals surface area contributed by atoms with Gasteiger partial charge in [-0.25, -0.2) is 9.59 Å². The number of H-pyrrole nitrogens is 2. The average molecular weight is 251 g/mol. The number of nitrogens with one attached hydrogen (secondary N) is 2. The third-order valence-corrected chi connectivity index (χ3v) is 1.94. The minimum Gasteiger partial charge on any atom is -0.477 e. The van der Waals surface area contributed by atoms with Crippen molar-refractivity contribution in [3.63, 3.8) is 0 Å². The molecule has 5 N–H and O–H groups in total. The molecule has 1 heterocycles. The van der Waals surface area contributed by atoms with E-state index in [0.29, 0.717) is 0 Å². The van der Waals surface area contributed by atoms with E-state index in [0.717, 1.165) is 0 Å². The Hall–Kier alpha value is -1.60. The summed E-state index contributed by atoms with van der Waals surface area (Å²) in [6.45, 7) is 2.92. The maximum Gasteiger partial charge on any atom is 0.353 e. The van der Waals surface area contributed by atoms with Gasteiger partial charge in [0.25, 0.3) is 5.56 Å². The fraction of sp³-hybridized carbons (Fsp3) is 0.375. The lowest BCUT2D eigenvalue weighted by molar-refractivity contribution is 0.0687. The van der Waals surface area contributed by atoms with Crippen molar-refractivity contribution in [2.24, 2.45) is 0 Å². The maximum absolute atomic E-state index is 11.4. The lowest BCUT2D eigenvalue weighted by atomic mass is 10.0. The van der Waals surface area contributed by atoms with E-state index in [-0.39, 0.29) is 11.0 Å². The van der Waals surface area contributed by atoms with Crippen molar-refractivity contribution in [2.75, 3.05) is 0 Å². The number of hydrogen-bond acceptors (Lipinski definition) is 3. The van der Waals surface area contributed by atoms with Crippen molar-refractivity contribution in [1.29, 1.82) is 0 Å². The summed E-state index contributed by atoms with van der Waals surface area (Å²) in [7, 11) is 0. The lowest BCUT2D eigenvalue weighted by Crippen LogP contribution is -2.34. The molecule has 0 bridgehead atoms. The quantitative estimate of drug-likeness (QED) is 0.605. The number of aromatic nitrogens is 2. The molecule has 0 aromatic carbocycles. The first-order valence-electron chi connectivity index (χ1n) is 4.02. The van der Waals surface area contributed by atoms with Crippen LogP contribution in [-0.4, -0.2) is 26.5 Å². The monoisotopic (exact) mass is 250 g/mol. The average Bonchev–Trinajstić information content (AvgIpc) is 1.99. The van der Waals surface area contributed by atoms with Crippen molar-refractivity contribution in [2.45, 2.75) is 18.7 Å². The molecule has 0 aliphatic rings. The highest BCUT2D eigenvalue weighted by atomic mass is 35.5. The van der Waals surface area contributed by atoms with E-state index in [2.05, 4.69) is 0 Å². The molecule has 1 aromatic heterocycles. The van der Waals surface area contributed by atoms with Gasteiger partial charge in [-0.15, -0.1) is 11.6 Å². The molecule has 0 fully saturated rings. The second-order valence-electron chi connectivity index (χ2n) is 3.44. The van der Waals surface area contributed by atoms with Gasteiger partial charge in [-0.2, -0.15) is 0 Å². The summed E-state index contributed by atoms with van der Waals surface area (Å²) in [5.41, 5.74) is -2.32. The minimum absolute atomic E-state index is 0. The minimum atomic E-state index is -1.40. The van der Waals surface area contributed by atoms with Gasteiger partial charge in [0.05, 0.1) is 10.4 Å². The number of aromatic carboxylic acids is 1. The van der Waals surface area contributed by atoms with Crippen LogP contribution in [0.3, 0.4) is 0 Å². The van der Waals surface area contributed by atoms with Crippen LogP contribution in [0.2, 0.25) is 0 Å². The SMILES string of the molecule is CC(C)(Cl)c1c(C(=O)O)[nH]c(=O)[nH]c1=O.O. The van der Waals surface area contributed by atoms with Crippen molar-refractivity contribution < 1.29 is 15.4 Å². The first kappa shape index (κ1) is 14.4. The predicted octanol–water partition coefficient (Wildman–Crippen LogP) is -0.589. The Balaban J connectivity index is 0.00000225. The smallest absolute Gasteiger partial charge is 0.353 e. The van der Waals surface area contributed by atoms with Crippen molar-refractivity contribution in [3.05, 3.63) is 32.1 Å². The molecular weight excluding hydrogens is 240 g/mol. The number of alkyl halides is 1. The molecule has 8 heteroatoms. The molecular formula is C8H11ClN2O5. The van der Waals surface area contributed by atoms with Gasteiger partial charge in [0.2, 0.25) is 0 Å². The zero-order chi connectivity index (χ0) is 11.8. The normalized spacial score (nSPS) is 10.7. The van der Waals surface area contributed by atoms with Crippen LogP contribution in [0.1, 0.15) is 29.9 Å². The summed E-state index contributed by atoms with van der Waals surface area (Å²) in [5.74, 6) is -1.40. The Bertz CT molecular complexity index is 510. The van der Waals surface area contributed by atoms with Crippen LogP contribution >= 0.6 is 11.6 Å². The standard InChI is InChI=1S/C8H9ClN2O4.H2O/c1-8(2,9)3-4(6(13)14)10-7(15)11-5(3)12;/h1-2H3,(H,13,14)(H2,10,11,12,15);1H2. The zero-order valence-electron chi connectivity index (χ0n) is 8.55. The van der Waals surface area contributed by atoms with E-state index in [1.165, 1.54) is 13.8 Å². The fourth-order valence-corrected chi connectivity index (χ4v) is 1.39. The number of hydrogen-bond donors (Lipinski definition) is 3. The third kappa shape index (κ3) is 2.71. The Kier molecular flexibility index (Phi) is 4.05. The van der Waals surface area contributed by atoms with Crippen LogP contribution in [0.25, 0.3) is 0 Å². The molecule has 1 rings (SSSR count). The maximum atomic E-state index is 11.4. The van der Waals surface area contributed by atoms with E-state index in [9.17, 15) is 14.4 Å². The number of rotatable bonds is 2. The highest BCUT2D eigenvalue weighted by Crippen LogP contribution is 2.25. The van der Waals surface area contributed by atoms with E-state index >= 15 is 0 Å². The highest BCUT2D eigenvalue weighted by Gasteiger charge is 2.28. The van der Waals surface area contributed by atoms with Crippen molar-refractivity contribution >= 4 is 17.6 Å². The Morgan fingerprint density at radius 1 is 1.31 bits per heavy atom. The van der Waals surface area contributed by atoms with Gasteiger partial charge in [0.15, 0.2) is 0 Å². The second-order valence-corrected chi connectivity index (χ2v) is 4.38. The zero-order valence-corrected chi connectivity index (χ0v) is 9.31. The van der Waals surface area contributed by atoms with Gasteiger partial charge in [0.1, 0.15) is 5.69 Å². The third-order valence-electron chi connectivity index (χ3n) is 1.75. The first-order chi connectivity index (χ1) is 6.73. The van der Waals surface area contributed by atoms with Crippen LogP contribution in [0.5, 0.6) is 0 Å². The highest BCUT2D eigenvalue weighted by molar-refractivity contribution is 6.24. The molecule has 0 atom stereocenters. The van der Waals surface area contributed by atoms with Gasteiger partial charge < -0.3 is 15.6 Å². The predicted molar refractivity (Wildman–Crippen MR) is 57.1 cm³/mol.